The summed E-state index contributed by atoms with van der Waals surface area (Å²) in [6, 6.07) is 1.40. The summed E-state index contributed by atoms with van der Waals surface area (Å²) in [5.74, 6) is -0.0424. The first kappa shape index (κ1) is 14.3. The van der Waals surface area contributed by atoms with Crippen molar-refractivity contribution in [1.29, 1.82) is 0 Å². The summed E-state index contributed by atoms with van der Waals surface area (Å²) < 4.78 is 5.02. The van der Waals surface area contributed by atoms with E-state index in [-0.39, 0.29) is 17.0 Å². The van der Waals surface area contributed by atoms with Crippen LogP contribution >= 0.6 is 0 Å². The van der Waals surface area contributed by atoms with Crippen LogP contribution in [0.25, 0.3) is 0 Å². The van der Waals surface area contributed by atoms with Gasteiger partial charge in [0.15, 0.2) is 0 Å². The number of hydrogen-bond acceptors (Lipinski definition) is 6. The van der Waals surface area contributed by atoms with Crippen LogP contribution in [0, 0.1) is 0 Å². The second kappa shape index (κ2) is 5.24. The molecule has 1 rings (SSSR count). The third-order valence-electron chi connectivity index (χ3n) is 1.90. The molecule has 0 unspecified atom stereocenters. The summed E-state index contributed by atoms with van der Waals surface area (Å²) in [5.41, 5.74) is 4.96. The number of hydrogen-bond donors (Lipinski definition) is 4. The van der Waals surface area contributed by atoms with Gasteiger partial charge in [-0.1, -0.05) is 0 Å². The predicted octanol–water partition coefficient (Wildman–Crippen LogP) is -0.309. The number of nitrogens with one attached hydrogen (secondary N) is 1. The molecule has 0 radical (unpaired) electrons. The highest BCUT2D eigenvalue weighted by molar-refractivity contribution is 6.62. The van der Waals surface area contributed by atoms with Gasteiger partial charge in [0, 0.05) is 17.3 Å². The molecule has 1 aromatic heterocycles. The number of pyridine rings is 1. The minimum Gasteiger partial charge on any atom is -0.444 e. The second-order valence-corrected chi connectivity index (χ2v) is 4.66. The zero-order valence-corrected chi connectivity index (χ0v) is 10.5. The van der Waals surface area contributed by atoms with Gasteiger partial charge in [0.2, 0.25) is 0 Å². The van der Waals surface area contributed by atoms with Crippen LogP contribution in [0.1, 0.15) is 20.8 Å². The Morgan fingerprint density at radius 2 is 2.11 bits per heavy atom. The molecule has 1 aromatic rings. The lowest BCUT2D eigenvalue weighted by molar-refractivity contribution is 0.0635. The highest BCUT2D eigenvalue weighted by Gasteiger charge is 2.23. The minimum atomic E-state index is -1.83. The number of carbonyl (C=O) groups is 1. The van der Waals surface area contributed by atoms with E-state index in [4.69, 9.17) is 10.5 Å². The van der Waals surface area contributed by atoms with Crippen LogP contribution in [0.5, 0.6) is 0 Å². The van der Waals surface area contributed by atoms with Crippen molar-refractivity contribution in [2.24, 2.45) is 0 Å². The van der Waals surface area contributed by atoms with Gasteiger partial charge in [0.05, 0.1) is 0 Å². The lowest BCUT2D eigenvalue weighted by Crippen LogP contribution is -2.37. The molecule has 0 bridgehead atoms. The van der Waals surface area contributed by atoms with E-state index >= 15 is 0 Å². The summed E-state index contributed by atoms with van der Waals surface area (Å²) in [7, 11) is -1.83. The summed E-state index contributed by atoms with van der Waals surface area (Å²) in [5, 5.41) is 20.7. The van der Waals surface area contributed by atoms with Crippen LogP contribution in [0.3, 0.4) is 0 Å². The van der Waals surface area contributed by atoms with Crippen LogP contribution in [-0.4, -0.2) is 33.8 Å². The van der Waals surface area contributed by atoms with Gasteiger partial charge in [-0.05, 0) is 26.8 Å². The standard InChI is InChI=1S/C10H16BN3O4/c1-10(2,3)18-9(15)14-8-7(11(16)17)6(12)4-5-13-8/h4-5,16-17H,1-3H3,(H3,12,13,14,15). The van der Waals surface area contributed by atoms with Crippen LogP contribution in [0.15, 0.2) is 12.3 Å². The van der Waals surface area contributed by atoms with Crippen LogP contribution < -0.4 is 16.5 Å². The van der Waals surface area contributed by atoms with Crippen LogP contribution in [0.4, 0.5) is 16.3 Å². The largest absolute Gasteiger partial charge is 0.494 e. The zero-order valence-electron chi connectivity index (χ0n) is 10.5. The Morgan fingerprint density at radius 1 is 1.50 bits per heavy atom. The lowest BCUT2D eigenvalue weighted by atomic mass is 9.79. The van der Waals surface area contributed by atoms with Crippen molar-refractivity contribution in [3.63, 3.8) is 0 Å². The van der Waals surface area contributed by atoms with Crippen LogP contribution in [-0.2, 0) is 4.74 Å². The Labute approximate surface area is 105 Å². The number of nitrogens with zero attached hydrogens (tertiary/aromatic N) is 1. The van der Waals surface area contributed by atoms with Crippen molar-refractivity contribution in [2.45, 2.75) is 26.4 Å². The number of rotatable bonds is 2. The third kappa shape index (κ3) is 3.90. The lowest BCUT2D eigenvalue weighted by Gasteiger charge is -2.20. The molecule has 8 heteroatoms. The van der Waals surface area contributed by atoms with E-state index in [2.05, 4.69) is 10.3 Å². The Balaban J connectivity index is 2.91. The number of amides is 1. The van der Waals surface area contributed by atoms with Gasteiger partial charge in [-0.15, -0.1) is 0 Å². The van der Waals surface area contributed by atoms with E-state index in [1.54, 1.807) is 20.8 Å². The SMILES string of the molecule is CC(C)(C)OC(=O)Nc1nccc(N)c1B(O)O. The van der Waals surface area contributed by atoms with Gasteiger partial charge >= 0.3 is 13.2 Å². The van der Waals surface area contributed by atoms with E-state index < -0.39 is 18.8 Å². The van der Waals surface area contributed by atoms with Crippen molar-refractivity contribution >= 4 is 30.2 Å². The van der Waals surface area contributed by atoms with E-state index in [1.807, 2.05) is 0 Å². The molecule has 0 aliphatic heterocycles. The molecule has 7 nitrogen and oxygen atoms in total. The summed E-state index contributed by atoms with van der Waals surface area (Å²) >= 11 is 0. The first-order valence-corrected chi connectivity index (χ1v) is 5.31. The smallest absolute Gasteiger partial charge is 0.444 e. The van der Waals surface area contributed by atoms with E-state index in [0.29, 0.717) is 0 Å². The molecule has 98 valence electrons. The molecule has 0 spiro atoms. The Kier molecular flexibility index (Phi) is 4.15. The van der Waals surface area contributed by atoms with Crippen molar-refractivity contribution in [3.8, 4) is 0 Å². The highest BCUT2D eigenvalue weighted by Crippen LogP contribution is 2.11. The van der Waals surface area contributed by atoms with Gasteiger partial charge in [0.25, 0.3) is 0 Å². The highest BCUT2D eigenvalue weighted by atomic mass is 16.6. The fourth-order valence-electron chi connectivity index (χ4n) is 1.26. The fraction of sp³-hybridized carbons (Fsp3) is 0.400. The maximum absolute atomic E-state index is 11.5. The van der Waals surface area contributed by atoms with E-state index in [1.165, 1.54) is 12.3 Å². The topological polar surface area (TPSA) is 118 Å². The number of nitrogens with two attached hydrogens (primary N) is 1. The average molecular weight is 253 g/mol. The minimum absolute atomic E-state index is 0.0424. The number of aromatic nitrogens is 1. The first-order chi connectivity index (χ1) is 8.20. The van der Waals surface area contributed by atoms with E-state index in [9.17, 15) is 14.8 Å². The molecule has 0 aliphatic carbocycles. The van der Waals surface area contributed by atoms with Gasteiger partial charge in [-0.25, -0.2) is 9.78 Å². The Morgan fingerprint density at radius 3 is 2.61 bits per heavy atom. The number of anilines is 2. The van der Waals surface area contributed by atoms with Gasteiger partial charge < -0.3 is 20.5 Å². The molecule has 0 saturated heterocycles. The molecule has 5 N–H and O–H groups in total. The summed E-state index contributed by atoms with van der Waals surface area (Å²) in [4.78, 5) is 15.4. The molecule has 0 atom stereocenters. The number of nitrogen functional groups attached to an aromatic ring is 1. The van der Waals surface area contributed by atoms with Gasteiger partial charge in [0.1, 0.15) is 11.4 Å². The van der Waals surface area contributed by atoms with E-state index in [0.717, 1.165) is 0 Å². The monoisotopic (exact) mass is 253 g/mol. The maximum Gasteiger partial charge on any atom is 0.494 e. The zero-order chi connectivity index (χ0) is 13.9. The Hall–Kier alpha value is -1.80. The molecule has 1 amide bonds. The second-order valence-electron chi connectivity index (χ2n) is 4.66. The first-order valence-electron chi connectivity index (χ1n) is 5.31. The normalized spacial score (nSPS) is 10.9. The predicted molar refractivity (Wildman–Crippen MR) is 68.3 cm³/mol. The summed E-state index contributed by atoms with van der Waals surface area (Å²) in [6.45, 7) is 5.13. The van der Waals surface area contributed by atoms with Crippen molar-refractivity contribution in [2.75, 3.05) is 11.1 Å². The van der Waals surface area contributed by atoms with Crippen molar-refractivity contribution < 1.29 is 19.6 Å². The van der Waals surface area contributed by atoms with Crippen molar-refractivity contribution in [1.82, 2.24) is 4.98 Å². The fourth-order valence-corrected chi connectivity index (χ4v) is 1.26. The summed E-state index contributed by atoms with van der Waals surface area (Å²) in [6.07, 6.45) is 0.594. The maximum atomic E-state index is 11.5. The number of ether oxygens (including phenoxy) is 1. The van der Waals surface area contributed by atoms with Gasteiger partial charge in [-0.3, -0.25) is 5.32 Å². The molecule has 1 heterocycles. The molecule has 0 aliphatic rings. The average Bonchev–Trinajstić information content (AvgIpc) is 2.13. The third-order valence-corrected chi connectivity index (χ3v) is 1.90. The van der Waals surface area contributed by atoms with Crippen LogP contribution in [0.2, 0.25) is 0 Å². The Bertz CT molecular complexity index is 445. The quantitative estimate of drug-likeness (QED) is 0.537. The van der Waals surface area contributed by atoms with Crippen molar-refractivity contribution in [3.05, 3.63) is 12.3 Å². The molecule has 0 aromatic carbocycles. The molecule has 18 heavy (non-hydrogen) atoms. The molecular formula is C10H16BN3O4. The van der Waals surface area contributed by atoms with Gasteiger partial charge in [-0.2, -0.15) is 0 Å². The number of carbonyl (C=O) groups excluding carboxylic acids is 1. The molecular weight excluding hydrogens is 237 g/mol. The molecule has 0 fully saturated rings. The molecule has 0 saturated carbocycles.